The molecule has 1 amide bonds. The smallest absolute Gasteiger partial charge is 0.257 e. The fraction of sp³-hybridized carbons (Fsp3) is 0.278. The van der Waals surface area contributed by atoms with Crippen LogP contribution in [0, 0.1) is 0 Å². The van der Waals surface area contributed by atoms with Crippen molar-refractivity contribution in [2.75, 3.05) is 13.1 Å². The monoisotopic (exact) mass is 330 g/mol. The van der Waals surface area contributed by atoms with Gasteiger partial charge in [0.25, 0.3) is 5.91 Å². The average molecular weight is 331 g/mol. The Balaban J connectivity index is 1.75. The summed E-state index contributed by atoms with van der Waals surface area (Å²) < 4.78 is 5.85. The van der Waals surface area contributed by atoms with Crippen molar-refractivity contribution in [1.29, 1.82) is 0 Å². The van der Waals surface area contributed by atoms with Crippen LogP contribution in [0.2, 0.25) is 5.02 Å². The molecule has 1 fully saturated rings. The van der Waals surface area contributed by atoms with Gasteiger partial charge in [-0.3, -0.25) is 4.79 Å². The molecule has 1 aliphatic heterocycles. The summed E-state index contributed by atoms with van der Waals surface area (Å²) in [4.78, 5) is 14.4. The first-order valence-corrected chi connectivity index (χ1v) is 8.03. The van der Waals surface area contributed by atoms with Crippen molar-refractivity contribution in [2.45, 2.75) is 19.1 Å². The number of nitrogens with two attached hydrogens (primary N) is 1. The van der Waals surface area contributed by atoms with Gasteiger partial charge in [-0.1, -0.05) is 41.9 Å². The maximum absolute atomic E-state index is 12.7. The number of benzene rings is 2. The molecule has 23 heavy (non-hydrogen) atoms. The minimum atomic E-state index is -0.0345. The predicted molar refractivity (Wildman–Crippen MR) is 90.7 cm³/mol. The van der Waals surface area contributed by atoms with E-state index in [9.17, 15) is 4.79 Å². The van der Waals surface area contributed by atoms with Crippen LogP contribution in [0.15, 0.2) is 48.5 Å². The summed E-state index contributed by atoms with van der Waals surface area (Å²) in [5.74, 6) is 0.533. The number of likely N-dealkylation sites (tertiary alicyclic amines) is 1. The van der Waals surface area contributed by atoms with E-state index in [2.05, 4.69) is 0 Å². The first-order valence-electron chi connectivity index (χ1n) is 7.65. The number of halogens is 1. The first-order chi connectivity index (χ1) is 11.1. The third-order valence-corrected chi connectivity index (χ3v) is 4.34. The Bertz CT molecular complexity index is 705. The molecule has 1 aliphatic rings. The Kier molecular flexibility index (Phi) is 4.84. The quantitative estimate of drug-likeness (QED) is 0.937. The topological polar surface area (TPSA) is 55.6 Å². The number of nitrogens with zero attached hydrogens (tertiary/aromatic N) is 1. The van der Waals surface area contributed by atoms with Gasteiger partial charge >= 0.3 is 0 Å². The zero-order valence-electron chi connectivity index (χ0n) is 12.7. The second-order valence-electron chi connectivity index (χ2n) is 5.68. The molecule has 5 heteroatoms. The van der Waals surface area contributed by atoms with Gasteiger partial charge in [0, 0.05) is 29.7 Å². The summed E-state index contributed by atoms with van der Waals surface area (Å²) in [6.45, 7) is 1.61. The maximum atomic E-state index is 12.7. The molecule has 0 saturated carbocycles. The maximum Gasteiger partial charge on any atom is 0.257 e. The Morgan fingerprint density at radius 2 is 1.96 bits per heavy atom. The molecule has 0 radical (unpaired) electrons. The van der Waals surface area contributed by atoms with Gasteiger partial charge in [-0.2, -0.15) is 0 Å². The summed E-state index contributed by atoms with van der Waals surface area (Å²) in [6, 6.07) is 14.9. The number of carbonyl (C=O) groups is 1. The highest BCUT2D eigenvalue weighted by Gasteiger charge is 2.26. The van der Waals surface area contributed by atoms with Gasteiger partial charge in [0.05, 0.1) is 5.56 Å². The van der Waals surface area contributed by atoms with Crippen molar-refractivity contribution < 1.29 is 9.53 Å². The van der Waals surface area contributed by atoms with Crippen molar-refractivity contribution in [1.82, 2.24) is 4.90 Å². The van der Waals surface area contributed by atoms with Crippen molar-refractivity contribution in [3.8, 4) is 5.75 Å². The van der Waals surface area contributed by atoms with Crippen LogP contribution in [0.1, 0.15) is 22.3 Å². The lowest BCUT2D eigenvalue weighted by molar-refractivity contribution is 0.0786. The van der Waals surface area contributed by atoms with Crippen LogP contribution in [0.5, 0.6) is 5.75 Å². The molecule has 2 aromatic carbocycles. The first kappa shape index (κ1) is 15.8. The lowest BCUT2D eigenvalue weighted by atomic mass is 10.1. The van der Waals surface area contributed by atoms with Crippen LogP contribution >= 0.6 is 11.6 Å². The molecule has 2 aromatic rings. The Morgan fingerprint density at radius 3 is 2.70 bits per heavy atom. The van der Waals surface area contributed by atoms with Crippen molar-refractivity contribution in [3.05, 3.63) is 64.7 Å². The van der Waals surface area contributed by atoms with Crippen LogP contribution in [-0.4, -0.2) is 29.9 Å². The summed E-state index contributed by atoms with van der Waals surface area (Å²) in [5.41, 5.74) is 7.34. The summed E-state index contributed by atoms with van der Waals surface area (Å²) >= 11 is 6.14. The van der Waals surface area contributed by atoms with E-state index in [1.165, 1.54) is 0 Å². The van der Waals surface area contributed by atoms with Gasteiger partial charge < -0.3 is 15.4 Å². The molecule has 120 valence electrons. The molecule has 0 aliphatic carbocycles. The molecule has 1 heterocycles. The summed E-state index contributed by atoms with van der Waals surface area (Å²) in [7, 11) is 0. The highest BCUT2D eigenvalue weighted by atomic mass is 35.5. The van der Waals surface area contributed by atoms with Crippen LogP contribution in [0.25, 0.3) is 0 Å². The number of amides is 1. The number of ether oxygens (including phenoxy) is 1. The van der Waals surface area contributed by atoms with E-state index in [1.54, 1.807) is 17.0 Å². The Labute approximate surface area is 140 Å². The van der Waals surface area contributed by atoms with Crippen molar-refractivity contribution >= 4 is 17.5 Å². The normalized spacial score (nSPS) is 17.3. The zero-order valence-corrected chi connectivity index (χ0v) is 13.5. The highest BCUT2D eigenvalue weighted by molar-refractivity contribution is 6.31. The third-order valence-electron chi connectivity index (χ3n) is 3.97. The fourth-order valence-corrected chi connectivity index (χ4v) is 2.87. The van der Waals surface area contributed by atoms with Crippen molar-refractivity contribution in [3.63, 3.8) is 0 Å². The second kappa shape index (κ2) is 7.02. The van der Waals surface area contributed by atoms with Gasteiger partial charge in [0.15, 0.2) is 0 Å². The lowest BCUT2D eigenvalue weighted by Crippen LogP contribution is -2.32. The number of rotatable bonds is 4. The number of carbonyl (C=O) groups excluding carboxylic acids is 1. The Hall–Kier alpha value is -2.04. The second-order valence-corrected chi connectivity index (χ2v) is 6.08. The molecule has 1 unspecified atom stereocenters. The lowest BCUT2D eigenvalue weighted by Gasteiger charge is -2.18. The van der Waals surface area contributed by atoms with E-state index in [0.717, 1.165) is 12.0 Å². The van der Waals surface area contributed by atoms with Gasteiger partial charge in [0.2, 0.25) is 0 Å². The molecule has 0 spiro atoms. The zero-order chi connectivity index (χ0) is 16.2. The van der Waals surface area contributed by atoms with Crippen LogP contribution in [-0.2, 0) is 6.61 Å². The molecule has 1 saturated heterocycles. The minimum absolute atomic E-state index is 0.0345. The molecule has 3 rings (SSSR count). The Morgan fingerprint density at radius 1 is 1.22 bits per heavy atom. The van der Waals surface area contributed by atoms with E-state index in [-0.39, 0.29) is 11.9 Å². The molecule has 0 bridgehead atoms. The number of para-hydroxylation sites is 1. The molecular formula is C18H19ClN2O2. The molecular weight excluding hydrogens is 312 g/mol. The van der Waals surface area contributed by atoms with Crippen LogP contribution in [0.3, 0.4) is 0 Å². The minimum Gasteiger partial charge on any atom is -0.488 e. The van der Waals surface area contributed by atoms with E-state index in [4.69, 9.17) is 22.1 Å². The van der Waals surface area contributed by atoms with Gasteiger partial charge in [0.1, 0.15) is 12.4 Å². The van der Waals surface area contributed by atoms with Gasteiger partial charge in [-0.05, 0) is 24.6 Å². The standard InChI is InChI=1S/C18H19ClN2O2/c19-16-7-3-1-5-13(16)12-23-17-8-4-2-6-15(17)18(22)21-10-9-14(20)11-21/h1-8,14H,9-12,20H2. The predicted octanol–water partition coefficient (Wildman–Crippen LogP) is 3.09. The highest BCUT2D eigenvalue weighted by Crippen LogP contribution is 2.24. The van der Waals surface area contributed by atoms with Gasteiger partial charge in [-0.15, -0.1) is 0 Å². The van der Waals surface area contributed by atoms with E-state index < -0.39 is 0 Å². The molecule has 0 aromatic heterocycles. The SMILES string of the molecule is NC1CCN(C(=O)c2ccccc2OCc2ccccc2Cl)C1. The molecule has 4 nitrogen and oxygen atoms in total. The fourth-order valence-electron chi connectivity index (χ4n) is 2.68. The van der Waals surface area contributed by atoms with Crippen LogP contribution < -0.4 is 10.5 Å². The van der Waals surface area contributed by atoms with Crippen molar-refractivity contribution in [2.24, 2.45) is 5.73 Å². The average Bonchev–Trinajstić information content (AvgIpc) is 3.00. The molecule has 2 N–H and O–H groups in total. The van der Waals surface area contributed by atoms with E-state index in [1.807, 2.05) is 36.4 Å². The third kappa shape index (κ3) is 3.66. The summed E-state index contributed by atoms with van der Waals surface area (Å²) in [6.07, 6.45) is 0.842. The number of hydrogen-bond acceptors (Lipinski definition) is 3. The van der Waals surface area contributed by atoms with E-state index >= 15 is 0 Å². The molecule has 1 atom stereocenters. The number of hydrogen-bond donors (Lipinski definition) is 1. The van der Waals surface area contributed by atoms with Gasteiger partial charge in [-0.25, -0.2) is 0 Å². The largest absolute Gasteiger partial charge is 0.488 e. The van der Waals surface area contributed by atoms with E-state index in [0.29, 0.717) is 36.0 Å². The summed E-state index contributed by atoms with van der Waals surface area (Å²) in [5, 5.41) is 0.654. The van der Waals surface area contributed by atoms with Crippen LogP contribution in [0.4, 0.5) is 0 Å².